The summed E-state index contributed by atoms with van der Waals surface area (Å²) in [5.74, 6) is -2.42. The first kappa shape index (κ1) is 16.7. The van der Waals surface area contributed by atoms with E-state index < -0.39 is 41.2 Å². The van der Waals surface area contributed by atoms with Crippen LogP contribution in [0, 0.1) is 11.3 Å². The van der Waals surface area contributed by atoms with E-state index in [2.05, 4.69) is 9.47 Å². The summed E-state index contributed by atoms with van der Waals surface area (Å²) in [4.78, 5) is 11.6. The van der Waals surface area contributed by atoms with Crippen molar-refractivity contribution in [1.82, 2.24) is 0 Å². The fourth-order valence-electron chi connectivity index (χ4n) is 1.52. The van der Waals surface area contributed by atoms with Crippen LogP contribution in [0.4, 0.5) is 22.0 Å². The highest BCUT2D eigenvalue weighted by Gasteiger charge is 2.35. The molecule has 0 saturated carbocycles. The molecule has 0 aliphatic heterocycles. The van der Waals surface area contributed by atoms with Gasteiger partial charge in [-0.05, 0) is 19.1 Å². The second-order valence-electron chi connectivity index (χ2n) is 3.58. The van der Waals surface area contributed by atoms with Crippen LogP contribution < -0.4 is 4.74 Å². The van der Waals surface area contributed by atoms with Crippen LogP contribution in [0.5, 0.6) is 5.75 Å². The van der Waals surface area contributed by atoms with Crippen molar-refractivity contribution in [2.75, 3.05) is 6.61 Å². The van der Waals surface area contributed by atoms with Gasteiger partial charge >= 0.3 is 12.3 Å². The fourth-order valence-corrected chi connectivity index (χ4v) is 1.52. The van der Waals surface area contributed by atoms with Gasteiger partial charge in [0.25, 0.3) is 6.43 Å². The van der Waals surface area contributed by atoms with E-state index in [0.717, 1.165) is 0 Å². The molecule has 4 nitrogen and oxygen atoms in total. The van der Waals surface area contributed by atoms with Gasteiger partial charge in [0.2, 0.25) is 0 Å². The third kappa shape index (κ3) is 4.05. The van der Waals surface area contributed by atoms with Crippen molar-refractivity contribution in [2.45, 2.75) is 19.7 Å². The van der Waals surface area contributed by atoms with Crippen molar-refractivity contribution in [1.29, 1.82) is 5.26 Å². The normalized spacial score (nSPS) is 11.1. The van der Waals surface area contributed by atoms with E-state index in [-0.39, 0.29) is 6.61 Å². The number of nitrogens with zero attached hydrogens (tertiary/aromatic N) is 1. The summed E-state index contributed by atoms with van der Waals surface area (Å²) >= 11 is 0. The first-order valence-corrected chi connectivity index (χ1v) is 5.49. The standard InChI is InChI=1S/C12H8F5NO3/c1-2-20-11(19)9-7(5-18)6(10(13)14)3-4-8(9)21-12(15,16)17/h3-4,10H,2H2,1H3. The number of esters is 1. The summed E-state index contributed by atoms with van der Waals surface area (Å²) in [6.45, 7) is 1.15. The maximum atomic E-state index is 12.7. The Kier molecular flexibility index (Phi) is 5.07. The van der Waals surface area contributed by atoms with E-state index in [1.165, 1.54) is 13.0 Å². The molecule has 0 N–H and O–H groups in total. The number of hydrogen-bond acceptors (Lipinski definition) is 4. The highest BCUT2D eigenvalue weighted by molar-refractivity contribution is 5.96. The van der Waals surface area contributed by atoms with Gasteiger partial charge in [-0.3, -0.25) is 0 Å². The Morgan fingerprint density at radius 3 is 2.43 bits per heavy atom. The van der Waals surface area contributed by atoms with E-state index in [4.69, 9.17) is 5.26 Å². The zero-order valence-corrected chi connectivity index (χ0v) is 10.5. The van der Waals surface area contributed by atoms with E-state index in [9.17, 15) is 26.7 Å². The highest BCUT2D eigenvalue weighted by atomic mass is 19.4. The Labute approximate surface area is 115 Å². The van der Waals surface area contributed by atoms with Gasteiger partial charge in [0.15, 0.2) is 0 Å². The predicted octanol–water partition coefficient (Wildman–Crippen LogP) is 3.57. The van der Waals surface area contributed by atoms with Gasteiger partial charge in [-0.25, -0.2) is 13.6 Å². The van der Waals surface area contributed by atoms with Crippen molar-refractivity contribution in [3.05, 3.63) is 28.8 Å². The Morgan fingerprint density at radius 2 is 2.00 bits per heavy atom. The number of halogens is 5. The summed E-state index contributed by atoms with van der Waals surface area (Å²) in [6.07, 6.45) is -8.30. The molecule has 0 saturated heterocycles. The molecule has 0 fully saturated rings. The van der Waals surface area contributed by atoms with Crippen LogP contribution in [-0.4, -0.2) is 18.9 Å². The highest BCUT2D eigenvalue weighted by Crippen LogP contribution is 2.34. The number of alkyl halides is 5. The maximum Gasteiger partial charge on any atom is 0.573 e. The van der Waals surface area contributed by atoms with E-state index >= 15 is 0 Å². The molecule has 0 atom stereocenters. The molecule has 1 aromatic rings. The minimum Gasteiger partial charge on any atom is -0.462 e. The number of rotatable bonds is 4. The van der Waals surface area contributed by atoms with Crippen molar-refractivity contribution in [2.24, 2.45) is 0 Å². The third-order valence-electron chi connectivity index (χ3n) is 2.25. The number of carbonyl (C=O) groups is 1. The minimum absolute atomic E-state index is 0.214. The number of carbonyl (C=O) groups excluding carboxylic acids is 1. The molecule has 21 heavy (non-hydrogen) atoms. The van der Waals surface area contributed by atoms with Crippen LogP contribution in [0.3, 0.4) is 0 Å². The molecule has 0 spiro atoms. The molecular formula is C12H8F5NO3. The minimum atomic E-state index is -5.15. The van der Waals surface area contributed by atoms with Crippen LogP contribution >= 0.6 is 0 Å². The van der Waals surface area contributed by atoms with Gasteiger partial charge in [0, 0.05) is 5.56 Å². The third-order valence-corrected chi connectivity index (χ3v) is 2.25. The zero-order valence-electron chi connectivity index (χ0n) is 10.5. The van der Waals surface area contributed by atoms with Crippen LogP contribution in [0.15, 0.2) is 12.1 Å². The number of hydrogen-bond donors (Lipinski definition) is 0. The molecule has 0 aliphatic carbocycles. The van der Waals surface area contributed by atoms with Crippen LogP contribution in [0.1, 0.15) is 34.8 Å². The summed E-state index contributed by atoms with van der Waals surface area (Å²) in [7, 11) is 0. The molecule has 0 aliphatic rings. The van der Waals surface area contributed by atoms with Crippen molar-refractivity contribution in [3.63, 3.8) is 0 Å². The first-order chi connectivity index (χ1) is 9.71. The van der Waals surface area contributed by atoms with Gasteiger partial charge in [-0.15, -0.1) is 13.2 Å². The van der Waals surface area contributed by atoms with Crippen LogP contribution in [0.2, 0.25) is 0 Å². The number of ether oxygens (including phenoxy) is 2. The Morgan fingerprint density at radius 1 is 1.38 bits per heavy atom. The maximum absolute atomic E-state index is 12.7. The van der Waals surface area contributed by atoms with Crippen molar-refractivity contribution in [3.8, 4) is 11.8 Å². The Balaban J connectivity index is 3.52. The number of nitriles is 1. The smallest absolute Gasteiger partial charge is 0.462 e. The SMILES string of the molecule is CCOC(=O)c1c(OC(F)(F)F)ccc(C(F)F)c1C#N. The molecule has 0 amide bonds. The van der Waals surface area contributed by atoms with Gasteiger partial charge in [-0.2, -0.15) is 5.26 Å². The van der Waals surface area contributed by atoms with Gasteiger partial charge in [0.1, 0.15) is 17.4 Å². The predicted molar refractivity (Wildman–Crippen MR) is 58.8 cm³/mol. The van der Waals surface area contributed by atoms with Crippen LogP contribution in [0.25, 0.3) is 0 Å². The lowest BCUT2D eigenvalue weighted by atomic mass is 10.0. The molecule has 0 radical (unpaired) electrons. The van der Waals surface area contributed by atoms with Gasteiger partial charge in [-0.1, -0.05) is 0 Å². The monoisotopic (exact) mass is 309 g/mol. The van der Waals surface area contributed by atoms with Crippen LogP contribution in [-0.2, 0) is 4.74 Å². The summed E-state index contributed by atoms with van der Waals surface area (Å²) in [5, 5.41) is 8.86. The lowest BCUT2D eigenvalue weighted by molar-refractivity contribution is -0.274. The first-order valence-electron chi connectivity index (χ1n) is 5.49. The molecule has 0 aromatic heterocycles. The summed E-state index contributed by atoms with van der Waals surface area (Å²) < 4.78 is 70.3. The average molecular weight is 309 g/mol. The fraction of sp³-hybridized carbons (Fsp3) is 0.333. The van der Waals surface area contributed by atoms with Gasteiger partial charge < -0.3 is 9.47 Å². The van der Waals surface area contributed by atoms with Gasteiger partial charge in [0.05, 0.1) is 12.2 Å². The second kappa shape index (κ2) is 6.39. The molecule has 1 aromatic carbocycles. The molecular weight excluding hydrogens is 301 g/mol. The molecule has 9 heteroatoms. The zero-order chi connectivity index (χ0) is 16.2. The van der Waals surface area contributed by atoms with E-state index in [1.54, 1.807) is 0 Å². The van der Waals surface area contributed by atoms with E-state index in [0.29, 0.717) is 12.1 Å². The second-order valence-corrected chi connectivity index (χ2v) is 3.58. The Hall–Kier alpha value is -2.37. The van der Waals surface area contributed by atoms with E-state index in [1.807, 2.05) is 0 Å². The van der Waals surface area contributed by atoms with Crippen molar-refractivity contribution >= 4 is 5.97 Å². The lowest BCUT2D eigenvalue weighted by Crippen LogP contribution is -2.20. The largest absolute Gasteiger partial charge is 0.573 e. The van der Waals surface area contributed by atoms with Crippen molar-refractivity contribution < 1.29 is 36.2 Å². The lowest BCUT2D eigenvalue weighted by Gasteiger charge is -2.15. The average Bonchev–Trinajstić information content (AvgIpc) is 2.35. The Bertz CT molecular complexity index is 577. The topological polar surface area (TPSA) is 59.3 Å². The quantitative estimate of drug-likeness (QED) is 0.630. The molecule has 0 heterocycles. The summed E-state index contributed by atoms with van der Waals surface area (Å²) in [6, 6.07) is 2.42. The molecule has 114 valence electrons. The summed E-state index contributed by atoms with van der Waals surface area (Å²) in [5.41, 5.74) is -2.77. The molecule has 0 unspecified atom stereocenters. The number of benzene rings is 1. The molecule has 1 rings (SSSR count). The molecule has 0 bridgehead atoms.